The van der Waals surface area contributed by atoms with Crippen molar-refractivity contribution in [1.29, 1.82) is 0 Å². The molecule has 0 aliphatic rings. The van der Waals surface area contributed by atoms with Crippen LogP contribution in [0.2, 0.25) is 5.02 Å². The first-order valence-corrected chi connectivity index (χ1v) is 7.69. The number of benzene rings is 1. The second kappa shape index (κ2) is 9.36. The zero-order valence-electron chi connectivity index (χ0n) is 13.0. The Hall–Kier alpha value is -1.96. The summed E-state index contributed by atoms with van der Waals surface area (Å²) in [6.45, 7) is 1.80. The van der Waals surface area contributed by atoms with Gasteiger partial charge in [0.2, 0.25) is 0 Å². The average molecular weight is 367 g/mol. The van der Waals surface area contributed by atoms with Crippen molar-refractivity contribution in [3.63, 3.8) is 0 Å². The summed E-state index contributed by atoms with van der Waals surface area (Å²) in [5.74, 6) is -0.659. The summed E-state index contributed by atoms with van der Waals surface area (Å²) < 4.78 is 43.5. The van der Waals surface area contributed by atoms with E-state index in [1.54, 1.807) is 0 Å². The number of carbonyl (C=O) groups excluding carboxylic acids is 2. The van der Waals surface area contributed by atoms with Crippen LogP contribution in [0.5, 0.6) is 0 Å². The van der Waals surface area contributed by atoms with Gasteiger partial charge in [-0.05, 0) is 24.6 Å². The molecule has 2 N–H and O–H groups in total. The molecule has 0 fully saturated rings. The van der Waals surface area contributed by atoms with Gasteiger partial charge in [-0.25, -0.2) is 4.79 Å². The van der Waals surface area contributed by atoms with E-state index in [9.17, 15) is 22.8 Å². The molecule has 9 heteroatoms. The topological polar surface area (TPSA) is 67.4 Å². The number of esters is 1. The lowest BCUT2D eigenvalue weighted by molar-refractivity contribution is -0.142. The summed E-state index contributed by atoms with van der Waals surface area (Å²) in [4.78, 5) is 23.0. The number of halogens is 4. The van der Waals surface area contributed by atoms with Gasteiger partial charge in [0.25, 0.3) is 0 Å². The summed E-state index contributed by atoms with van der Waals surface area (Å²) in [5, 5.41) is 4.07. The smallest absolute Gasteiger partial charge is 0.418 e. The summed E-state index contributed by atoms with van der Waals surface area (Å²) in [7, 11) is 0. The van der Waals surface area contributed by atoms with Crippen molar-refractivity contribution in [2.75, 3.05) is 18.5 Å². The number of hydrogen-bond donors (Lipinski definition) is 2. The van der Waals surface area contributed by atoms with Crippen LogP contribution in [-0.2, 0) is 15.7 Å². The molecule has 0 bridgehead atoms. The average Bonchev–Trinajstić information content (AvgIpc) is 2.50. The van der Waals surface area contributed by atoms with Crippen molar-refractivity contribution in [2.45, 2.75) is 32.4 Å². The molecular weight excluding hydrogens is 349 g/mol. The van der Waals surface area contributed by atoms with Crippen LogP contribution in [0.1, 0.15) is 31.7 Å². The lowest BCUT2D eigenvalue weighted by Crippen LogP contribution is -2.34. The number of hydrogen-bond acceptors (Lipinski definition) is 3. The molecule has 134 valence electrons. The van der Waals surface area contributed by atoms with E-state index < -0.39 is 36.0 Å². The molecule has 24 heavy (non-hydrogen) atoms. The Kier molecular flexibility index (Phi) is 7.84. The van der Waals surface area contributed by atoms with Crippen LogP contribution >= 0.6 is 11.6 Å². The van der Waals surface area contributed by atoms with Crippen molar-refractivity contribution >= 4 is 29.3 Å². The maximum Gasteiger partial charge on any atom is 0.418 e. The minimum absolute atomic E-state index is 0.107. The molecule has 5 nitrogen and oxygen atoms in total. The van der Waals surface area contributed by atoms with Crippen LogP contribution in [0, 0.1) is 0 Å². The Labute approximate surface area is 142 Å². The number of nitrogens with one attached hydrogen (secondary N) is 2. The molecule has 1 rings (SSSR count). The van der Waals surface area contributed by atoms with Crippen molar-refractivity contribution in [2.24, 2.45) is 0 Å². The Balaban J connectivity index is 2.53. The molecule has 0 aromatic heterocycles. The number of urea groups is 1. The first kappa shape index (κ1) is 20.1. The van der Waals surface area contributed by atoms with Crippen LogP contribution in [-0.4, -0.2) is 25.2 Å². The standard InChI is InChI=1S/C15H18ClF3N2O3/c1-2-3-4-7-24-13(22)9-20-14(23)21-12-6-5-10(16)8-11(12)15(17,18)19/h5-6,8H,2-4,7,9H2,1H3,(H2,20,21,23). The molecule has 0 radical (unpaired) electrons. The lowest BCUT2D eigenvalue weighted by Gasteiger charge is -2.14. The zero-order chi connectivity index (χ0) is 18.2. The molecule has 0 saturated heterocycles. The third kappa shape index (κ3) is 7.08. The third-order valence-electron chi connectivity index (χ3n) is 2.94. The van der Waals surface area contributed by atoms with Crippen molar-refractivity contribution in [3.8, 4) is 0 Å². The number of rotatable bonds is 7. The fourth-order valence-electron chi connectivity index (χ4n) is 1.77. The van der Waals surface area contributed by atoms with Gasteiger partial charge < -0.3 is 15.4 Å². The van der Waals surface area contributed by atoms with Crippen LogP contribution in [0.15, 0.2) is 18.2 Å². The Morgan fingerprint density at radius 2 is 1.96 bits per heavy atom. The van der Waals surface area contributed by atoms with Gasteiger partial charge in [-0.2, -0.15) is 13.2 Å². The normalized spacial score (nSPS) is 11.0. The van der Waals surface area contributed by atoms with Crippen molar-refractivity contribution < 1.29 is 27.5 Å². The molecule has 0 saturated carbocycles. The third-order valence-corrected chi connectivity index (χ3v) is 3.17. The number of unbranched alkanes of at least 4 members (excludes halogenated alkanes) is 2. The highest BCUT2D eigenvalue weighted by Crippen LogP contribution is 2.36. The molecule has 0 spiro atoms. The summed E-state index contributed by atoms with van der Waals surface area (Å²) >= 11 is 5.54. The molecule has 0 atom stereocenters. The van der Waals surface area contributed by atoms with Crippen LogP contribution in [0.25, 0.3) is 0 Å². The molecule has 0 unspecified atom stereocenters. The Morgan fingerprint density at radius 3 is 2.58 bits per heavy atom. The highest BCUT2D eigenvalue weighted by atomic mass is 35.5. The maximum atomic E-state index is 12.9. The molecule has 0 aliphatic carbocycles. The van der Waals surface area contributed by atoms with Gasteiger partial charge in [-0.3, -0.25) is 4.79 Å². The van der Waals surface area contributed by atoms with Crippen molar-refractivity contribution in [1.82, 2.24) is 5.32 Å². The number of amides is 2. The van der Waals surface area contributed by atoms with Gasteiger partial charge in [0.1, 0.15) is 6.54 Å². The predicted octanol–water partition coefficient (Wildman–Crippen LogP) is 4.21. The second-order valence-corrected chi connectivity index (χ2v) is 5.36. The first-order valence-electron chi connectivity index (χ1n) is 7.31. The van der Waals surface area contributed by atoms with E-state index in [4.69, 9.17) is 16.3 Å². The molecular formula is C15H18ClF3N2O3. The van der Waals surface area contributed by atoms with Gasteiger partial charge in [0.05, 0.1) is 17.9 Å². The van der Waals surface area contributed by atoms with Gasteiger partial charge >= 0.3 is 18.2 Å². The van der Waals surface area contributed by atoms with E-state index in [1.165, 1.54) is 6.07 Å². The highest BCUT2D eigenvalue weighted by molar-refractivity contribution is 6.30. The van der Waals surface area contributed by atoms with E-state index in [1.807, 2.05) is 12.2 Å². The van der Waals surface area contributed by atoms with Crippen LogP contribution in [0.4, 0.5) is 23.7 Å². The summed E-state index contributed by atoms with van der Waals surface area (Å²) in [6, 6.07) is 2.01. The minimum atomic E-state index is -4.67. The van der Waals surface area contributed by atoms with Gasteiger partial charge in [0, 0.05) is 5.02 Å². The molecule has 2 amide bonds. The number of ether oxygens (including phenoxy) is 1. The highest BCUT2D eigenvalue weighted by Gasteiger charge is 2.34. The largest absolute Gasteiger partial charge is 0.464 e. The number of anilines is 1. The summed E-state index contributed by atoms with van der Waals surface area (Å²) in [6.07, 6.45) is -2.07. The van der Waals surface area contributed by atoms with Gasteiger partial charge in [-0.15, -0.1) is 0 Å². The zero-order valence-corrected chi connectivity index (χ0v) is 13.8. The lowest BCUT2D eigenvalue weighted by atomic mass is 10.1. The molecule has 1 aromatic rings. The summed E-state index contributed by atoms with van der Waals surface area (Å²) in [5.41, 5.74) is -1.53. The van der Waals surface area contributed by atoms with E-state index >= 15 is 0 Å². The SMILES string of the molecule is CCCCCOC(=O)CNC(=O)Nc1ccc(Cl)cc1C(F)(F)F. The quantitative estimate of drug-likeness (QED) is 0.561. The monoisotopic (exact) mass is 366 g/mol. The molecule has 1 aromatic carbocycles. The van der Waals surface area contributed by atoms with Crippen molar-refractivity contribution in [3.05, 3.63) is 28.8 Å². The van der Waals surface area contributed by atoms with E-state index in [2.05, 4.69) is 5.32 Å². The maximum absolute atomic E-state index is 12.9. The van der Waals surface area contributed by atoms with E-state index in [0.717, 1.165) is 18.9 Å². The van der Waals surface area contributed by atoms with E-state index in [-0.39, 0.29) is 11.6 Å². The van der Waals surface area contributed by atoms with Gasteiger partial charge in [-0.1, -0.05) is 31.4 Å². The molecule has 0 aliphatic heterocycles. The van der Waals surface area contributed by atoms with Gasteiger partial charge in [0.15, 0.2) is 0 Å². The molecule has 0 heterocycles. The number of carbonyl (C=O) groups is 2. The second-order valence-electron chi connectivity index (χ2n) is 4.92. The Morgan fingerprint density at radius 1 is 1.25 bits per heavy atom. The Bertz CT molecular complexity index is 580. The van der Waals surface area contributed by atoms with E-state index in [0.29, 0.717) is 12.5 Å². The first-order chi connectivity index (χ1) is 11.2. The predicted molar refractivity (Wildman–Crippen MR) is 84.0 cm³/mol. The fraction of sp³-hybridized carbons (Fsp3) is 0.467. The fourth-order valence-corrected chi connectivity index (χ4v) is 1.94. The number of alkyl halides is 3. The van der Waals surface area contributed by atoms with Crippen LogP contribution in [0.3, 0.4) is 0 Å². The van der Waals surface area contributed by atoms with Crippen LogP contribution < -0.4 is 10.6 Å². The minimum Gasteiger partial charge on any atom is -0.464 e.